The number of nitrogens with zero attached hydrogens (tertiary/aromatic N) is 1. The van der Waals surface area contributed by atoms with Crippen LogP contribution in [-0.4, -0.2) is 32.3 Å². The van der Waals surface area contributed by atoms with Gasteiger partial charge in [-0.25, -0.2) is 0 Å². The van der Waals surface area contributed by atoms with Gasteiger partial charge in [-0.2, -0.15) is 0 Å². The van der Waals surface area contributed by atoms with Crippen LogP contribution in [0.3, 0.4) is 0 Å². The van der Waals surface area contributed by atoms with E-state index in [9.17, 15) is 4.79 Å². The summed E-state index contributed by atoms with van der Waals surface area (Å²) in [6, 6.07) is 1.81. The van der Waals surface area contributed by atoms with Crippen LogP contribution in [0, 0.1) is 0 Å². The second-order valence-electron chi connectivity index (χ2n) is 4.89. The third kappa shape index (κ3) is 2.47. The number of carbonyl (C=O) groups excluding carboxylic acids is 1. The van der Waals surface area contributed by atoms with Crippen molar-refractivity contribution >= 4 is 23.6 Å². The first-order valence-electron chi connectivity index (χ1n) is 7.09. The largest absolute Gasteiger partial charge is 0.495 e. The van der Waals surface area contributed by atoms with E-state index in [-0.39, 0.29) is 6.08 Å². The number of ether oxygens (including phenoxy) is 4. The molecule has 7 heteroatoms. The Morgan fingerprint density at radius 3 is 3.05 bits per heavy atom. The molecule has 2 heterocycles. The van der Waals surface area contributed by atoms with Gasteiger partial charge in [0.2, 0.25) is 6.10 Å². The van der Waals surface area contributed by atoms with E-state index in [2.05, 4.69) is 4.99 Å². The highest BCUT2D eigenvalue weighted by atomic mass is 35.5. The van der Waals surface area contributed by atoms with Gasteiger partial charge >= 0.3 is 6.08 Å². The number of aliphatic imine (C=N–C) groups is 1. The lowest BCUT2D eigenvalue weighted by Gasteiger charge is -2.24. The standard InChI is InChI=1S/C15H16ClNO5/c1-3-20-15-17-14(18)13(22-15)10-11-8(5-4-6-21-11)7-9(16)12(10)19-2/h7,13H,3-6H2,1-2H3. The zero-order valence-electron chi connectivity index (χ0n) is 12.3. The molecule has 1 aromatic rings. The Labute approximate surface area is 133 Å². The zero-order valence-corrected chi connectivity index (χ0v) is 13.1. The van der Waals surface area contributed by atoms with Crippen LogP contribution in [0.25, 0.3) is 0 Å². The molecule has 6 nitrogen and oxygen atoms in total. The van der Waals surface area contributed by atoms with Crippen molar-refractivity contribution in [1.82, 2.24) is 0 Å². The normalized spacial score (nSPS) is 19.9. The monoisotopic (exact) mass is 325 g/mol. The van der Waals surface area contributed by atoms with Gasteiger partial charge in [-0.3, -0.25) is 4.79 Å². The van der Waals surface area contributed by atoms with E-state index in [0.29, 0.717) is 35.3 Å². The molecular formula is C15H16ClNO5. The first-order valence-corrected chi connectivity index (χ1v) is 7.47. The molecule has 1 unspecified atom stereocenters. The van der Waals surface area contributed by atoms with Gasteiger partial charge < -0.3 is 18.9 Å². The van der Waals surface area contributed by atoms with Crippen LogP contribution in [0.15, 0.2) is 11.1 Å². The van der Waals surface area contributed by atoms with Crippen LogP contribution in [0.5, 0.6) is 11.5 Å². The molecule has 1 aromatic carbocycles. The second-order valence-corrected chi connectivity index (χ2v) is 5.30. The predicted octanol–water partition coefficient (Wildman–Crippen LogP) is 2.66. The summed E-state index contributed by atoms with van der Waals surface area (Å²) in [4.78, 5) is 15.9. The van der Waals surface area contributed by atoms with Gasteiger partial charge in [0, 0.05) is 0 Å². The van der Waals surface area contributed by atoms with Crippen molar-refractivity contribution < 1.29 is 23.7 Å². The van der Waals surface area contributed by atoms with Crippen molar-refractivity contribution in [3.63, 3.8) is 0 Å². The SMILES string of the molecule is CCOC1=NC(=O)C(c2c(OC)c(Cl)cc3c2OCCC3)O1. The lowest BCUT2D eigenvalue weighted by molar-refractivity contribution is -0.123. The van der Waals surface area contributed by atoms with E-state index < -0.39 is 12.0 Å². The van der Waals surface area contributed by atoms with Crippen molar-refractivity contribution in [3.05, 3.63) is 22.2 Å². The fraction of sp³-hybridized carbons (Fsp3) is 0.467. The molecule has 0 saturated carbocycles. The number of hydrogen-bond acceptors (Lipinski definition) is 5. The minimum Gasteiger partial charge on any atom is -0.495 e. The van der Waals surface area contributed by atoms with Crippen molar-refractivity contribution in [2.24, 2.45) is 4.99 Å². The number of hydrogen-bond donors (Lipinski definition) is 0. The molecule has 0 spiro atoms. The molecule has 0 radical (unpaired) electrons. The van der Waals surface area contributed by atoms with Gasteiger partial charge in [0.1, 0.15) is 11.5 Å². The molecule has 1 atom stereocenters. The maximum atomic E-state index is 12.2. The number of aryl methyl sites for hydroxylation is 1. The van der Waals surface area contributed by atoms with E-state index in [1.54, 1.807) is 6.92 Å². The number of rotatable bonds is 3. The number of carbonyl (C=O) groups is 1. The molecule has 0 fully saturated rings. The van der Waals surface area contributed by atoms with Gasteiger partial charge in [-0.05, 0) is 31.4 Å². The topological polar surface area (TPSA) is 66.4 Å². The third-order valence-electron chi connectivity index (χ3n) is 3.51. The molecule has 0 aliphatic carbocycles. The smallest absolute Gasteiger partial charge is 0.392 e. The number of benzene rings is 1. The fourth-order valence-electron chi connectivity index (χ4n) is 2.63. The molecular weight excluding hydrogens is 310 g/mol. The highest BCUT2D eigenvalue weighted by Gasteiger charge is 2.39. The number of methoxy groups -OCH3 is 1. The molecule has 22 heavy (non-hydrogen) atoms. The predicted molar refractivity (Wildman–Crippen MR) is 79.7 cm³/mol. The highest BCUT2D eigenvalue weighted by molar-refractivity contribution is 6.32. The molecule has 0 saturated heterocycles. The lowest BCUT2D eigenvalue weighted by atomic mass is 9.97. The summed E-state index contributed by atoms with van der Waals surface area (Å²) in [5.41, 5.74) is 1.42. The van der Waals surface area contributed by atoms with Gasteiger partial charge in [-0.15, -0.1) is 4.99 Å². The molecule has 0 aromatic heterocycles. The molecule has 0 bridgehead atoms. The fourth-order valence-corrected chi connectivity index (χ4v) is 2.94. The van der Waals surface area contributed by atoms with Crippen molar-refractivity contribution in [2.45, 2.75) is 25.9 Å². The highest BCUT2D eigenvalue weighted by Crippen LogP contribution is 2.46. The molecule has 2 aliphatic heterocycles. The Bertz CT molecular complexity index is 643. The summed E-state index contributed by atoms with van der Waals surface area (Å²) in [7, 11) is 1.49. The molecule has 1 amide bonds. The van der Waals surface area contributed by atoms with Gasteiger partial charge in [0.05, 0.1) is 30.9 Å². The van der Waals surface area contributed by atoms with Crippen LogP contribution in [0.2, 0.25) is 5.02 Å². The maximum absolute atomic E-state index is 12.2. The van der Waals surface area contributed by atoms with E-state index >= 15 is 0 Å². The minimum absolute atomic E-state index is 0.0379. The Kier molecular flexibility index (Phi) is 4.11. The minimum atomic E-state index is -0.956. The maximum Gasteiger partial charge on any atom is 0.392 e. The Hall–Kier alpha value is -1.95. The summed E-state index contributed by atoms with van der Waals surface area (Å²) in [5.74, 6) is 0.507. The van der Waals surface area contributed by atoms with Crippen molar-refractivity contribution in [2.75, 3.05) is 20.3 Å². The van der Waals surface area contributed by atoms with Crippen LogP contribution < -0.4 is 9.47 Å². The van der Waals surface area contributed by atoms with Crippen LogP contribution in [-0.2, 0) is 20.7 Å². The Morgan fingerprint density at radius 2 is 2.32 bits per heavy atom. The average Bonchev–Trinajstić information content (AvgIpc) is 2.86. The average molecular weight is 326 g/mol. The van der Waals surface area contributed by atoms with Gasteiger partial charge in [0.25, 0.3) is 5.91 Å². The molecule has 2 aliphatic rings. The number of fused-ring (bicyclic) bond motifs is 1. The van der Waals surface area contributed by atoms with Crippen LogP contribution in [0.4, 0.5) is 0 Å². The summed E-state index contributed by atoms with van der Waals surface area (Å²) in [6.07, 6.45) is 0.729. The number of halogens is 1. The van der Waals surface area contributed by atoms with Crippen molar-refractivity contribution in [3.8, 4) is 11.5 Å². The van der Waals surface area contributed by atoms with Gasteiger partial charge in [-0.1, -0.05) is 11.6 Å². The lowest BCUT2D eigenvalue weighted by Crippen LogP contribution is -2.17. The first kappa shape index (κ1) is 15.0. The Morgan fingerprint density at radius 1 is 1.50 bits per heavy atom. The van der Waals surface area contributed by atoms with E-state index in [1.165, 1.54) is 7.11 Å². The summed E-state index contributed by atoms with van der Waals surface area (Å²) < 4.78 is 21.8. The zero-order chi connectivity index (χ0) is 15.7. The van der Waals surface area contributed by atoms with E-state index in [1.807, 2.05) is 6.07 Å². The van der Waals surface area contributed by atoms with Crippen LogP contribution in [0.1, 0.15) is 30.6 Å². The summed E-state index contributed by atoms with van der Waals surface area (Å²) in [5, 5.41) is 0.419. The van der Waals surface area contributed by atoms with Crippen molar-refractivity contribution in [1.29, 1.82) is 0 Å². The first-order chi connectivity index (χ1) is 10.7. The quantitative estimate of drug-likeness (QED) is 0.854. The van der Waals surface area contributed by atoms with Crippen LogP contribution >= 0.6 is 11.6 Å². The molecule has 3 rings (SSSR count). The molecule has 0 N–H and O–H groups in total. The van der Waals surface area contributed by atoms with Gasteiger partial charge in [0.15, 0.2) is 0 Å². The third-order valence-corrected chi connectivity index (χ3v) is 3.79. The van der Waals surface area contributed by atoms with E-state index in [4.69, 9.17) is 30.5 Å². The summed E-state index contributed by atoms with van der Waals surface area (Å²) >= 11 is 6.27. The molecule has 118 valence electrons. The second kappa shape index (κ2) is 6.04. The van der Waals surface area contributed by atoms with E-state index in [0.717, 1.165) is 18.4 Å². The Balaban J connectivity index is 2.06. The number of amides is 1. The summed E-state index contributed by atoms with van der Waals surface area (Å²) in [6.45, 7) is 2.72.